The Morgan fingerprint density at radius 1 is 1.62 bits per heavy atom. The minimum Gasteiger partial charge on any atom is -0.336 e. The SMILES string of the molecule is Cn1ccnc1C(NCCN)c1cccs1. The molecule has 0 fully saturated rings. The van der Waals surface area contributed by atoms with Crippen LogP contribution in [0.4, 0.5) is 0 Å². The first-order chi connectivity index (χ1) is 7.83. The van der Waals surface area contributed by atoms with Gasteiger partial charge in [-0.2, -0.15) is 0 Å². The van der Waals surface area contributed by atoms with Crippen LogP contribution in [0.1, 0.15) is 16.7 Å². The van der Waals surface area contributed by atoms with E-state index in [0.717, 1.165) is 12.4 Å². The highest BCUT2D eigenvalue weighted by Crippen LogP contribution is 2.24. The largest absolute Gasteiger partial charge is 0.336 e. The van der Waals surface area contributed by atoms with E-state index in [1.165, 1.54) is 4.88 Å². The third kappa shape index (κ3) is 2.32. The Balaban J connectivity index is 2.25. The molecule has 0 aliphatic carbocycles. The summed E-state index contributed by atoms with van der Waals surface area (Å²) in [5.74, 6) is 1.02. The summed E-state index contributed by atoms with van der Waals surface area (Å²) in [6.45, 7) is 1.42. The zero-order valence-electron chi connectivity index (χ0n) is 9.26. The number of nitrogens with two attached hydrogens (primary N) is 1. The molecule has 0 amide bonds. The smallest absolute Gasteiger partial charge is 0.131 e. The van der Waals surface area contributed by atoms with Crippen LogP contribution in [0.25, 0.3) is 0 Å². The first kappa shape index (κ1) is 11.3. The zero-order valence-corrected chi connectivity index (χ0v) is 10.1. The molecule has 86 valence electrons. The number of nitrogens with zero attached hydrogens (tertiary/aromatic N) is 2. The average Bonchev–Trinajstić information content (AvgIpc) is 2.91. The second-order valence-electron chi connectivity index (χ2n) is 3.59. The summed E-state index contributed by atoms with van der Waals surface area (Å²) in [6, 6.07) is 4.32. The van der Waals surface area contributed by atoms with E-state index in [9.17, 15) is 0 Å². The van der Waals surface area contributed by atoms with Gasteiger partial charge in [-0.3, -0.25) is 0 Å². The van der Waals surface area contributed by atoms with Crippen LogP contribution in [0.5, 0.6) is 0 Å². The van der Waals surface area contributed by atoms with Gasteiger partial charge in [0, 0.05) is 37.4 Å². The van der Waals surface area contributed by atoms with Gasteiger partial charge < -0.3 is 15.6 Å². The van der Waals surface area contributed by atoms with Crippen molar-refractivity contribution in [1.82, 2.24) is 14.9 Å². The van der Waals surface area contributed by atoms with Crippen LogP contribution in [-0.4, -0.2) is 22.6 Å². The third-order valence-corrected chi connectivity index (χ3v) is 3.37. The molecule has 2 heterocycles. The monoisotopic (exact) mass is 236 g/mol. The van der Waals surface area contributed by atoms with Crippen molar-refractivity contribution < 1.29 is 0 Å². The van der Waals surface area contributed by atoms with E-state index in [0.29, 0.717) is 6.54 Å². The lowest BCUT2D eigenvalue weighted by atomic mass is 10.2. The van der Waals surface area contributed by atoms with Gasteiger partial charge in [0.1, 0.15) is 11.9 Å². The fourth-order valence-corrected chi connectivity index (χ4v) is 2.45. The van der Waals surface area contributed by atoms with Gasteiger partial charge in [0.2, 0.25) is 0 Å². The number of aromatic nitrogens is 2. The van der Waals surface area contributed by atoms with Gasteiger partial charge in [0.25, 0.3) is 0 Å². The Hall–Kier alpha value is -1.17. The predicted octanol–water partition coefficient (Wildman–Crippen LogP) is 1.12. The molecule has 0 aliphatic rings. The second kappa shape index (κ2) is 5.25. The molecular weight excluding hydrogens is 220 g/mol. The van der Waals surface area contributed by atoms with Crippen LogP contribution >= 0.6 is 11.3 Å². The highest BCUT2D eigenvalue weighted by Gasteiger charge is 2.17. The molecule has 0 radical (unpaired) electrons. The molecule has 1 atom stereocenters. The van der Waals surface area contributed by atoms with E-state index < -0.39 is 0 Å². The van der Waals surface area contributed by atoms with Crippen LogP contribution < -0.4 is 11.1 Å². The normalized spacial score (nSPS) is 12.9. The number of hydrogen-bond acceptors (Lipinski definition) is 4. The molecule has 5 heteroatoms. The van der Waals surface area contributed by atoms with Crippen LogP contribution in [0.2, 0.25) is 0 Å². The summed E-state index contributed by atoms with van der Waals surface area (Å²) in [6.07, 6.45) is 3.78. The number of nitrogens with one attached hydrogen (secondary N) is 1. The van der Waals surface area contributed by atoms with Crippen LogP contribution in [0.15, 0.2) is 29.9 Å². The molecule has 4 nitrogen and oxygen atoms in total. The summed E-state index contributed by atoms with van der Waals surface area (Å²) >= 11 is 1.73. The molecule has 0 bridgehead atoms. The van der Waals surface area contributed by atoms with Crippen molar-refractivity contribution in [2.45, 2.75) is 6.04 Å². The number of aryl methyl sites for hydroxylation is 1. The van der Waals surface area contributed by atoms with E-state index in [1.807, 2.05) is 24.0 Å². The molecular formula is C11H16N4S. The van der Waals surface area contributed by atoms with Gasteiger partial charge in [-0.1, -0.05) is 6.07 Å². The topological polar surface area (TPSA) is 55.9 Å². The van der Waals surface area contributed by atoms with Gasteiger partial charge in [-0.15, -0.1) is 11.3 Å². The van der Waals surface area contributed by atoms with Gasteiger partial charge in [-0.05, 0) is 11.4 Å². The number of thiophene rings is 1. The predicted molar refractivity (Wildman–Crippen MR) is 66.4 cm³/mol. The highest BCUT2D eigenvalue weighted by atomic mass is 32.1. The van der Waals surface area contributed by atoms with Crippen molar-refractivity contribution in [2.24, 2.45) is 12.8 Å². The molecule has 0 saturated carbocycles. The fourth-order valence-electron chi connectivity index (χ4n) is 1.66. The average molecular weight is 236 g/mol. The zero-order chi connectivity index (χ0) is 11.4. The van der Waals surface area contributed by atoms with Gasteiger partial charge in [-0.25, -0.2) is 4.98 Å². The molecule has 0 saturated heterocycles. The number of hydrogen-bond donors (Lipinski definition) is 2. The van der Waals surface area contributed by atoms with Crippen molar-refractivity contribution >= 4 is 11.3 Å². The van der Waals surface area contributed by atoms with Crippen LogP contribution in [0.3, 0.4) is 0 Å². The number of imidazole rings is 1. The molecule has 3 N–H and O–H groups in total. The standard InChI is InChI=1S/C11H16N4S/c1-15-7-6-14-11(15)10(13-5-4-12)9-3-2-8-16-9/h2-3,6-8,10,13H,4-5,12H2,1H3. The maximum Gasteiger partial charge on any atom is 0.131 e. The van der Waals surface area contributed by atoms with E-state index in [-0.39, 0.29) is 6.04 Å². The highest BCUT2D eigenvalue weighted by molar-refractivity contribution is 7.10. The lowest BCUT2D eigenvalue weighted by Crippen LogP contribution is -2.29. The lowest BCUT2D eigenvalue weighted by Gasteiger charge is -2.16. The van der Waals surface area contributed by atoms with E-state index in [1.54, 1.807) is 11.3 Å². The Kier molecular flexibility index (Phi) is 3.71. The van der Waals surface area contributed by atoms with Crippen molar-refractivity contribution in [3.8, 4) is 0 Å². The van der Waals surface area contributed by atoms with Crippen molar-refractivity contribution in [1.29, 1.82) is 0 Å². The second-order valence-corrected chi connectivity index (χ2v) is 4.57. The summed E-state index contributed by atoms with van der Waals surface area (Å²) in [5.41, 5.74) is 5.54. The van der Waals surface area contributed by atoms with Crippen molar-refractivity contribution in [3.05, 3.63) is 40.6 Å². The Bertz CT molecular complexity index is 421. The van der Waals surface area contributed by atoms with Crippen LogP contribution in [-0.2, 0) is 7.05 Å². The van der Waals surface area contributed by atoms with E-state index >= 15 is 0 Å². The molecule has 2 aromatic heterocycles. The Morgan fingerprint density at radius 3 is 3.06 bits per heavy atom. The molecule has 1 unspecified atom stereocenters. The van der Waals surface area contributed by atoms with Crippen LogP contribution in [0, 0.1) is 0 Å². The summed E-state index contributed by atoms with van der Waals surface area (Å²) < 4.78 is 2.04. The van der Waals surface area contributed by atoms with Gasteiger partial charge >= 0.3 is 0 Å². The van der Waals surface area contributed by atoms with E-state index in [4.69, 9.17) is 5.73 Å². The summed E-state index contributed by atoms with van der Waals surface area (Å²) in [7, 11) is 2.01. The maximum absolute atomic E-state index is 5.54. The van der Waals surface area contributed by atoms with Crippen molar-refractivity contribution in [3.63, 3.8) is 0 Å². The first-order valence-electron chi connectivity index (χ1n) is 5.27. The van der Waals surface area contributed by atoms with Gasteiger partial charge in [0.05, 0.1) is 0 Å². The molecule has 16 heavy (non-hydrogen) atoms. The minimum atomic E-state index is 0.142. The summed E-state index contributed by atoms with van der Waals surface area (Å²) in [5, 5.41) is 5.50. The lowest BCUT2D eigenvalue weighted by molar-refractivity contribution is 0.572. The fraction of sp³-hybridized carbons (Fsp3) is 0.364. The van der Waals surface area contributed by atoms with Crippen molar-refractivity contribution in [2.75, 3.05) is 13.1 Å². The Labute approximate surface area is 99.1 Å². The number of rotatable bonds is 5. The molecule has 2 rings (SSSR count). The maximum atomic E-state index is 5.54. The van der Waals surface area contributed by atoms with E-state index in [2.05, 4.69) is 27.8 Å². The summed E-state index contributed by atoms with van der Waals surface area (Å²) in [4.78, 5) is 5.66. The minimum absolute atomic E-state index is 0.142. The molecule has 2 aromatic rings. The first-order valence-corrected chi connectivity index (χ1v) is 6.15. The molecule has 0 spiro atoms. The third-order valence-electron chi connectivity index (χ3n) is 2.44. The quantitative estimate of drug-likeness (QED) is 0.818. The van der Waals surface area contributed by atoms with Gasteiger partial charge in [0.15, 0.2) is 0 Å². The molecule has 0 aliphatic heterocycles. The molecule has 0 aromatic carbocycles. The Morgan fingerprint density at radius 2 is 2.50 bits per heavy atom.